The predicted octanol–water partition coefficient (Wildman–Crippen LogP) is 0.376. The van der Waals surface area contributed by atoms with Gasteiger partial charge in [-0.3, -0.25) is 9.59 Å². The molecular formula is C8H13NO3. The minimum absolute atomic E-state index is 0.222. The number of carbonyl (C=O) groups is 2. The van der Waals surface area contributed by atoms with E-state index in [1.54, 1.807) is 0 Å². The number of aliphatic carboxylic acids is 1. The lowest BCUT2D eigenvalue weighted by Gasteiger charge is -2.27. The normalized spacial score (nSPS) is 19.4. The Balaban J connectivity index is 2.31. The van der Waals surface area contributed by atoms with Crippen molar-refractivity contribution < 1.29 is 14.7 Å². The van der Waals surface area contributed by atoms with Crippen LogP contribution in [0.5, 0.6) is 0 Å². The molecule has 0 aromatic carbocycles. The highest BCUT2D eigenvalue weighted by atomic mass is 16.4. The third-order valence-corrected chi connectivity index (χ3v) is 2.22. The van der Waals surface area contributed by atoms with Crippen molar-refractivity contribution in [1.82, 2.24) is 5.32 Å². The summed E-state index contributed by atoms with van der Waals surface area (Å²) in [7, 11) is 0. The minimum atomic E-state index is -1.06. The van der Waals surface area contributed by atoms with Crippen LogP contribution in [0, 0.1) is 5.92 Å². The van der Waals surface area contributed by atoms with Crippen molar-refractivity contribution in [3.63, 3.8) is 0 Å². The molecule has 0 aromatic heterocycles. The number of carboxylic acids is 1. The van der Waals surface area contributed by atoms with Crippen LogP contribution in [0.2, 0.25) is 0 Å². The maximum absolute atomic E-state index is 11.1. The number of hydrogen-bond acceptors (Lipinski definition) is 2. The van der Waals surface area contributed by atoms with Crippen LogP contribution in [0.4, 0.5) is 0 Å². The quantitative estimate of drug-likeness (QED) is 0.603. The fraction of sp³-hybridized carbons (Fsp3) is 0.750. The zero-order valence-corrected chi connectivity index (χ0v) is 7.04. The number of carbonyl (C=O) groups excluding carboxylic acids is 1. The first kappa shape index (κ1) is 9.03. The maximum Gasteiger partial charge on any atom is 0.315 e. The molecule has 0 spiro atoms. The van der Waals surface area contributed by atoms with Crippen LogP contribution >= 0.6 is 0 Å². The van der Waals surface area contributed by atoms with E-state index < -0.39 is 11.9 Å². The number of hydrogen-bond donors (Lipinski definition) is 2. The summed E-state index contributed by atoms with van der Waals surface area (Å²) in [6.45, 7) is 1.40. The first-order valence-electron chi connectivity index (χ1n) is 4.14. The lowest BCUT2D eigenvalue weighted by molar-refractivity contribution is -0.146. The smallest absolute Gasteiger partial charge is 0.315 e. The minimum Gasteiger partial charge on any atom is -0.481 e. The average molecular weight is 171 g/mol. The highest BCUT2D eigenvalue weighted by molar-refractivity contribution is 5.96. The van der Waals surface area contributed by atoms with Gasteiger partial charge in [0.2, 0.25) is 5.91 Å². The third kappa shape index (κ3) is 1.96. The van der Waals surface area contributed by atoms with Gasteiger partial charge in [-0.2, -0.15) is 0 Å². The zero-order valence-electron chi connectivity index (χ0n) is 7.04. The van der Waals surface area contributed by atoms with Gasteiger partial charge in [0.05, 0.1) is 0 Å². The van der Waals surface area contributed by atoms with Gasteiger partial charge in [0.1, 0.15) is 5.92 Å². The van der Waals surface area contributed by atoms with Crippen LogP contribution in [0.25, 0.3) is 0 Å². The highest BCUT2D eigenvalue weighted by Crippen LogP contribution is 2.18. The Kier molecular flexibility index (Phi) is 2.68. The summed E-state index contributed by atoms with van der Waals surface area (Å²) in [5, 5.41) is 11.2. The van der Waals surface area contributed by atoms with E-state index in [2.05, 4.69) is 5.32 Å². The summed E-state index contributed by atoms with van der Waals surface area (Å²) in [5.74, 6) is -2.36. The molecule has 68 valence electrons. The second kappa shape index (κ2) is 3.56. The molecule has 1 aliphatic carbocycles. The molecule has 1 rings (SSSR count). The Morgan fingerprint density at radius 1 is 1.50 bits per heavy atom. The van der Waals surface area contributed by atoms with Gasteiger partial charge in [0, 0.05) is 6.04 Å². The van der Waals surface area contributed by atoms with Crippen molar-refractivity contribution in [2.24, 2.45) is 5.92 Å². The Morgan fingerprint density at radius 3 is 2.42 bits per heavy atom. The number of nitrogens with one attached hydrogen (secondary N) is 1. The maximum atomic E-state index is 11.1. The van der Waals surface area contributed by atoms with E-state index in [4.69, 9.17) is 5.11 Å². The molecule has 0 aromatic rings. The number of rotatable bonds is 3. The van der Waals surface area contributed by atoms with E-state index >= 15 is 0 Å². The van der Waals surface area contributed by atoms with Crippen LogP contribution in [0.15, 0.2) is 0 Å². The molecule has 0 aliphatic heterocycles. The van der Waals surface area contributed by atoms with Gasteiger partial charge in [-0.1, -0.05) is 0 Å². The van der Waals surface area contributed by atoms with Gasteiger partial charge in [-0.25, -0.2) is 0 Å². The lowest BCUT2D eigenvalue weighted by atomic mass is 9.92. The molecule has 1 aliphatic rings. The molecule has 0 bridgehead atoms. The van der Waals surface area contributed by atoms with E-state index in [9.17, 15) is 9.59 Å². The Hall–Kier alpha value is -1.06. The molecule has 1 unspecified atom stereocenters. The first-order valence-corrected chi connectivity index (χ1v) is 4.14. The predicted molar refractivity (Wildman–Crippen MR) is 42.6 cm³/mol. The molecule has 0 saturated heterocycles. The highest BCUT2D eigenvalue weighted by Gasteiger charge is 2.25. The van der Waals surface area contributed by atoms with Gasteiger partial charge < -0.3 is 10.4 Å². The van der Waals surface area contributed by atoms with Crippen LogP contribution in [-0.2, 0) is 9.59 Å². The molecule has 12 heavy (non-hydrogen) atoms. The lowest BCUT2D eigenvalue weighted by Crippen LogP contribution is -2.43. The molecule has 4 heteroatoms. The van der Waals surface area contributed by atoms with Crippen LogP contribution < -0.4 is 5.32 Å². The summed E-state index contributed by atoms with van der Waals surface area (Å²) in [5.41, 5.74) is 0. The van der Waals surface area contributed by atoms with E-state index in [1.807, 2.05) is 0 Å². The summed E-state index contributed by atoms with van der Waals surface area (Å²) < 4.78 is 0. The van der Waals surface area contributed by atoms with Crippen molar-refractivity contribution in [2.45, 2.75) is 32.2 Å². The van der Waals surface area contributed by atoms with Crippen molar-refractivity contribution >= 4 is 11.9 Å². The standard InChI is InChI=1S/C8H13NO3/c1-5(8(11)12)7(10)9-6-3-2-4-6/h5-6H,2-4H2,1H3,(H,9,10)(H,11,12). The summed E-state index contributed by atoms with van der Waals surface area (Å²) in [6.07, 6.45) is 3.10. The van der Waals surface area contributed by atoms with Crippen molar-refractivity contribution in [3.8, 4) is 0 Å². The SMILES string of the molecule is CC(C(=O)O)C(=O)NC1CCC1. The van der Waals surface area contributed by atoms with E-state index in [-0.39, 0.29) is 11.9 Å². The second-order valence-electron chi connectivity index (χ2n) is 3.20. The molecule has 2 N–H and O–H groups in total. The van der Waals surface area contributed by atoms with E-state index in [0.29, 0.717) is 0 Å². The topological polar surface area (TPSA) is 66.4 Å². The Morgan fingerprint density at radius 2 is 2.08 bits per heavy atom. The number of amides is 1. The van der Waals surface area contributed by atoms with Gasteiger partial charge in [-0.15, -0.1) is 0 Å². The first-order chi connectivity index (χ1) is 5.61. The average Bonchev–Trinajstić information content (AvgIpc) is 1.94. The van der Waals surface area contributed by atoms with Crippen LogP contribution in [-0.4, -0.2) is 23.0 Å². The molecule has 1 fully saturated rings. The fourth-order valence-corrected chi connectivity index (χ4v) is 0.991. The van der Waals surface area contributed by atoms with Crippen molar-refractivity contribution in [1.29, 1.82) is 0 Å². The zero-order chi connectivity index (χ0) is 9.14. The fourth-order valence-electron chi connectivity index (χ4n) is 0.991. The van der Waals surface area contributed by atoms with E-state index in [0.717, 1.165) is 19.3 Å². The largest absolute Gasteiger partial charge is 0.481 e. The Bertz CT molecular complexity index is 198. The molecular weight excluding hydrogens is 158 g/mol. The molecule has 1 amide bonds. The van der Waals surface area contributed by atoms with Gasteiger partial charge in [0.15, 0.2) is 0 Å². The van der Waals surface area contributed by atoms with Gasteiger partial charge in [0.25, 0.3) is 0 Å². The molecule has 0 radical (unpaired) electrons. The van der Waals surface area contributed by atoms with E-state index in [1.165, 1.54) is 6.92 Å². The summed E-state index contributed by atoms with van der Waals surface area (Å²) >= 11 is 0. The third-order valence-electron chi connectivity index (χ3n) is 2.22. The Labute approximate surface area is 71.0 Å². The number of carboxylic acid groups (broad SMARTS) is 1. The molecule has 1 saturated carbocycles. The van der Waals surface area contributed by atoms with Crippen molar-refractivity contribution in [2.75, 3.05) is 0 Å². The molecule has 0 heterocycles. The summed E-state index contributed by atoms with van der Waals surface area (Å²) in [6, 6.07) is 0.222. The second-order valence-corrected chi connectivity index (χ2v) is 3.20. The van der Waals surface area contributed by atoms with Crippen LogP contribution in [0.1, 0.15) is 26.2 Å². The molecule has 1 atom stereocenters. The molecule has 4 nitrogen and oxygen atoms in total. The summed E-state index contributed by atoms with van der Waals surface area (Å²) in [4.78, 5) is 21.5. The monoisotopic (exact) mass is 171 g/mol. The van der Waals surface area contributed by atoms with Gasteiger partial charge in [-0.05, 0) is 26.2 Å². The van der Waals surface area contributed by atoms with Crippen molar-refractivity contribution in [3.05, 3.63) is 0 Å². The van der Waals surface area contributed by atoms with Crippen LogP contribution in [0.3, 0.4) is 0 Å². The van der Waals surface area contributed by atoms with Gasteiger partial charge >= 0.3 is 5.97 Å².